The molecule has 0 amide bonds. The number of aromatic nitrogens is 2. The molecule has 0 N–H and O–H groups in total. The van der Waals surface area contributed by atoms with Crippen LogP contribution in [0.4, 0.5) is 0 Å². The summed E-state index contributed by atoms with van der Waals surface area (Å²) < 4.78 is 5.93. The van der Waals surface area contributed by atoms with E-state index in [1.54, 1.807) is 6.92 Å². The number of rotatable bonds is 7. The Hall–Kier alpha value is -2.55. The van der Waals surface area contributed by atoms with Crippen LogP contribution < -0.4 is 0 Å². The molecule has 3 aliphatic rings. The van der Waals surface area contributed by atoms with Crippen LogP contribution in [0.5, 0.6) is 0 Å². The van der Waals surface area contributed by atoms with Crippen LogP contribution in [-0.2, 0) is 16.0 Å². The molecule has 5 atom stereocenters. The van der Waals surface area contributed by atoms with E-state index in [-0.39, 0.29) is 39.3 Å². The second-order valence-corrected chi connectivity index (χ2v) is 16.5. The summed E-state index contributed by atoms with van der Waals surface area (Å²) in [7, 11) is 0. The third-order valence-electron chi connectivity index (χ3n) is 12.5. The number of nitrogens with zero attached hydrogens (tertiary/aromatic N) is 3. The molecule has 0 radical (unpaired) electrons. The van der Waals surface area contributed by atoms with Gasteiger partial charge in [-0.2, -0.15) is 5.26 Å². The highest BCUT2D eigenvalue weighted by Gasteiger charge is 2.61. The van der Waals surface area contributed by atoms with Gasteiger partial charge in [-0.25, -0.2) is 0 Å². The fourth-order valence-electron chi connectivity index (χ4n) is 9.36. The Balaban J connectivity index is 1.74. The van der Waals surface area contributed by atoms with Crippen molar-refractivity contribution in [1.29, 1.82) is 5.26 Å². The van der Waals surface area contributed by atoms with E-state index in [0.29, 0.717) is 17.2 Å². The summed E-state index contributed by atoms with van der Waals surface area (Å²) in [6.07, 6.45) is 11.8. The van der Waals surface area contributed by atoms with Crippen LogP contribution in [-0.4, -0.2) is 21.8 Å². The predicted octanol–water partition coefficient (Wildman–Crippen LogP) is 8.56. The highest BCUT2D eigenvalue weighted by atomic mass is 16.4. The first kappa shape index (κ1) is 32.4. The normalized spacial score (nSPS) is 35.3. The van der Waals surface area contributed by atoms with E-state index in [1.807, 2.05) is 32.9 Å². The van der Waals surface area contributed by atoms with E-state index < -0.39 is 10.8 Å². The molecule has 4 rings (SSSR count). The molecule has 2 fully saturated rings. The van der Waals surface area contributed by atoms with Crippen LogP contribution in [0, 0.1) is 62.6 Å². The van der Waals surface area contributed by atoms with Crippen molar-refractivity contribution in [2.24, 2.45) is 44.3 Å². The fraction of sp³-hybridized carbons (Fsp3) is 0.750. The minimum absolute atomic E-state index is 0.0156. The van der Waals surface area contributed by atoms with Crippen molar-refractivity contribution < 1.29 is 14.0 Å². The van der Waals surface area contributed by atoms with Gasteiger partial charge in [-0.3, -0.25) is 9.59 Å². The van der Waals surface area contributed by atoms with Crippen molar-refractivity contribution in [3.05, 3.63) is 35.1 Å². The minimum Gasteiger partial charge on any atom is -0.426 e. The maximum absolute atomic E-state index is 13.3. The first-order valence-corrected chi connectivity index (χ1v) is 15.9. The molecule has 6 heteroatoms. The number of hydrogen-bond donors (Lipinski definition) is 0. The average Bonchev–Trinajstić information content (AvgIpc) is 3.28. The number of hydrogen-bond acceptors (Lipinski definition) is 6. The lowest BCUT2D eigenvalue weighted by Gasteiger charge is -2.61. The van der Waals surface area contributed by atoms with E-state index in [1.165, 1.54) is 6.42 Å². The molecule has 0 saturated heterocycles. The van der Waals surface area contributed by atoms with Crippen molar-refractivity contribution in [2.75, 3.05) is 0 Å². The van der Waals surface area contributed by atoms with Gasteiger partial charge in [0, 0.05) is 24.2 Å². The zero-order chi connectivity index (χ0) is 31.5. The maximum atomic E-state index is 13.3. The van der Waals surface area contributed by atoms with Gasteiger partial charge < -0.3 is 4.42 Å². The first-order chi connectivity index (χ1) is 19.2. The third-order valence-corrected chi connectivity index (χ3v) is 12.5. The molecule has 0 aliphatic heterocycles. The summed E-state index contributed by atoms with van der Waals surface area (Å²) >= 11 is 0. The summed E-state index contributed by atoms with van der Waals surface area (Å²) in [4.78, 5) is 26.1. The molecule has 6 nitrogen and oxygen atoms in total. The van der Waals surface area contributed by atoms with E-state index in [4.69, 9.17) is 4.42 Å². The number of carbonyl (C=O) groups excluding carboxylic acids is 2. The quantitative estimate of drug-likeness (QED) is 0.302. The van der Waals surface area contributed by atoms with E-state index in [9.17, 15) is 14.9 Å². The third kappa shape index (κ3) is 5.35. The Morgan fingerprint density at radius 1 is 1.14 bits per heavy atom. The van der Waals surface area contributed by atoms with Crippen LogP contribution in [0.2, 0.25) is 0 Å². The van der Waals surface area contributed by atoms with Crippen molar-refractivity contribution in [3.63, 3.8) is 0 Å². The average molecular weight is 576 g/mol. The molecule has 1 aromatic heterocycles. The maximum Gasteiger partial charge on any atom is 0.217 e. The van der Waals surface area contributed by atoms with Gasteiger partial charge in [-0.1, -0.05) is 74.0 Å². The largest absolute Gasteiger partial charge is 0.426 e. The van der Waals surface area contributed by atoms with Crippen LogP contribution in [0.15, 0.2) is 27.7 Å². The van der Waals surface area contributed by atoms with Crippen LogP contribution >= 0.6 is 0 Å². The number of nitriles is 1. The predicted molar refractivity (Wildman–Crippen MR) is 165 cm³/mol. The number of ketones is 2. The molecule has 0 unspecified atom stereocenters. The molecule has 0 spiro atoms. The van der Waals surface area contributed by atoms with E-state index in [0.717, 1.165) is 56.4 Å². The molecule has 42 heavy (non-hydrogen) atoms. The standard InChI is InChI=1S/C36H53N3O3/c1-23-19-31(4,5)14-16-36(23,21-29-39-38-25(3)42-29)17-15-32(6,7)35(11)13-12-27-33(8,9)30(41)26(22-37)20-34(27,10)28(35)18-24(2)40/h18,20,23,27H,12-17,19,21H2,1-11H3/b28-18-/t23-,27-,34-,35+,36+/m0/s1. The minimum atomic E-state index is -0.674. The van der Waals surface area contributed by atoms with Crippen molar-refractivity contribution in [2.45, 2.75) is 128 Å². The summed E-state index contributed by atoms with van der Waals surface area (Å²) in [5.74, 6) is 1.81. The number of aryl methyl sites for hydroxylation is 1. The molecule has 1 heterocycles. The molecule has 0 aromatic carbocycles. The fourth-order valence-corrected chi connectivity index (χ4v) is 9.36. The van der Waals surface area contributed by atoms with Gasteiger partial charge in [0.05, 0.1) is 5.57 Å². The van der Waals surface area contributed by atoms with Gasteiger partial charge >= 0.3 is 0 Å². The molecule has 3 aliphatic carbocycles. The monoisotopic (exact) mass is 575 g/mol. The Morgan fingerprint density at radius 3 is 2.36 bits per heavy atom. The molecular formula is C36H53N3O3. The van der Waals surface area contributed by atoms with Gasteiger partial charge in [0.1, 0.15) is 6.07 Å². The lowest BCUT2D eigenvalue weighted by atomic mass is 9.42. The Bertz CT molecular complexity index is 1350. The zero-order valence-electron chi connectivity index (χ0n) is 28.0. The van der Waals surface area contributed by atoms with Crippen LogP contribution in [0.25, 0.3) is 0 Å². The Morgan fingerprint density at radius 2 is 1.81 bits per heavy atom. The number of Topliss-reactive ketones (excluding diaryl/α,β-unsaturated/α-hetero) is 1. The second kappa shape index (κ2) is 10.6. The first-order valence-electron chi connectivity index (χ1n) is 15.9. The van der Waals surface area contributed by atoms with Gasteiger partial charge in [-0.05, 0) is 91.4 Å². The molecule has 0 bridgehead atoms. The van der Waals surface area contributed by atoms with Gasteiger partial charge in [0.25, 0.3) is 0 Å². The lowest BCUT2D eigenvalue weighted by Crippen LogP contribution is -2.56. The zero-order valence-corrected chi connectivity index (χ0v) is 28.0. The topological polar surface area (TPSA) is 96.8 Å². The summed E-state index contributed by atoms with van der Waals surface area (Å²) in [5, 5.41) is 18.5. The summed E-state index contributed by atoms with van der Waals surface area (Å²) in [5.41, 5.74) is -0.00248. The number of fused-ring (bicyclic) bond motifs is 1. The summed E-state index contributed by atoms with van der Waals surface area (Å²) in [6.45, 7) is 23.8. The van der Waals surface area contributed by atoms with Gasteiger partial charge in [0.2, 0.25) is 11.8 Å². The van der Waals surface area contributed by atoms with Crippen molar-refractivity contribution >= 4 is 11.6 Å². The SMILES string of the molecule is CC(=O)/C=C1/[C@@]2(C)C=C(C#N)C(=O)C(C)(C)[C@@H]2CC[C@@]1(C)C(C)(C)CC[C@@]1(Cc2nnc(C)o2)CCC(C)(C)C[C@@H]1C. The van der Waals surface area contributed by atoms with Gasteiger partial charge in [-0.15, -0.1) is 10.2 Å². The van der Waals surface area contributed by atoms with Gasteiger partial charge in [0.15, 0.2) is 11.6 Å². The summed E-state index contributed by atoms with van der Waals surface area (Å²) in [6, 6.07) is 2.20. The number of allylic oxidation sites excluding steroid dienone is 4. The highest BCUT2D eigenvalue weighted by Crippen LogP contribution is 2.67. The van der Waals surface area contributed by atoms with Crippen LogP contribution in [0.1, 0.15) is 126 Å². The van der Waals surface area contributed by atoms with Crippen LogP contribution in [0.3, 0.4) is 0 Å². The van der Waals surface area contributed by atoms with E-state index in [2.05, 4.69) is 64.7 Å². The van der Waals surface area contributed by atoms with E-state index >= 15 is 0 Å². The lowest BCUT2D eigenvalue weighted by molar-refractivity contribution is -0.131. The molecule has 1 aromatic rings. The van der Waals surface area contributed by atoms with Crippen molar-refractivity contribution in [3.8, 4) is 6.07 Å². The second-order valence-electron chi connectivity index (χ2n) is 16.5. The molecule has 230 valence electrons. The Kier molecular flexibility index (Phi) is 8.14. The number of carbonyl (C=O) groups is 2. The Labute approximate surface area is 253 Å². The molecular weight excluding hydrogens is 522 g/mol. The highest BCUT2D eigenvalue weighted by molar-refractivity contribution is 6.04. The smallest absolute Gasteiger partial charge is 0.217 e. The molecule has 2 saturated carbocycles. The van der Waals surface area contributed by atoms with Crippen molar-refractivity contribution in [1.82, 2.24) is 10.2 Å².